The number of rotatable bonds is 6. The third kappa shape index (κ3) is 4.30. The lowest BCUT2D eigenvalue weighted by Crippen LogP contribution is -2.05. The third-order valence-electron chi connectivity index (χ3n) is 3.45. The first-order valence-electron chi connectivity index (χ1n) is 7.52. The highest BCUT2D eigenvalue weighted by Crippen LogP contribution is 2.27. The van der Waals surface area contributed by atoms with Crippen LogP contribution in [0.1, 0.15) is 15.9 Å². The number of anilines is 2. The number of hydrogen-bond acceptors (Lipinski definition) is 5. The predicted octanol–water partition coefficient (Wildman–Crippen LogP) is 5.00. The van der Waals surface area contributed by atoms with Crippen LogP contribution >= 0.6 is 23.4 Å². The molecule has 2 N–H and O–H groups in total. The third-order valence-corrected chi connectivity index (χ3v) is 4.73. The van der Waals surface area contributed by atoms with Gasteiger partial charge in [-0.2, -0.15) is 0 Å². The molecule has 0 radical (unpaired) electrons. The maximum Gasteiger partial charge on any atom is 0.337 e. The highest BCUT2D eigenvalue weighted by Gasteiger charge is 2.13. The summed E-state index contributed by atoms with van der Waals surface area (Å²) in [6.07, 6.45) is 1.05. The molecule has 0 amide bonds. The summed E-state index contributed by atoms with van der Waals surface area (Å²) in [7, 11) is 0. The molecule has 0 fully saturated rings. The predicted molar refractivity (Wildman–Crippen MR) is 99.7 cm³/mol. The van der Waals surface area contributed by atoms with Crippen molar-refractivity contribution in [3.63, 3.8) is 0 Å². The molecule has 132 valence electrons. The monoisotopic (exact) mass is 389 g/mol. The zero-order valence-corrected chi connectivity index (χ0v) is 14.9. The van der Waals surface area contributed by atoms with E-state index in [9.17, 15) is 14.3 Å². The first-order chi connectivity index (χ1) is 12.5. The van der Waals surface area contributed by atoms with Crippen molar-refractivity contribution in [3.8, 4) is 0 Å². The molecule has 0 atom stereocenters. The van der Waals surface area contributed by atoms with Crippen LogP contribution < -0.4 is 5.32 Å². The van der Waals surface area contributed by atoms with Gasteiger partial charge in [0.25, 0.3) is 0 Å². The van der Waals surface area contributed by atoms with E-state index < -0.39 is 11.8 Å². The van der Waals surface area contributed by atoms with Crippen molar-refractivity contribution >= 4 is 40.8 Å². The SMILES string of the molecule is O=C(O)c1ccccc1Nc1nc(SCc2ccccc2Cl)ncc1F. The maximum atomic E-state index is 14.1. The number of thioether (sulfide) groups is 1. The molecule has 8 heteroatoms. The Labute approximate surface area is 158 Å². The fraction of sp³-hybridized carbons (Fsp3) is 0.0556. The summed E-state index contributed by atoms with van der Waals surface area (Å²) in [6, 6.07) is 13.6. The van der Waals surface area contributed by atoms with Crippen molar-refractivity contribution < 1.29 is 14.3 Å². The van der Waals surface area contributed by atoms with Gasteiger partial charge in [0, 0.05) is 10.8 Å². The number of carboxylic acids is 1. The van der Waals surface area contributed by atoms with E-state index in [1.807, 2.05) is 18.2 Å². The van der Waals surface area contributed by atoms with Gasteiger partial charge in [-0.15, -0.1) is 0 Å². The summed E-state index contributed by atoms with van der Waals surface area (Å²) in [5.74, 6) is -1.35. The summed E-state index contributed by atoms with van der Waals surface area (Å²) < 4.78 is 14.1. The highest BCUT2D eigenvalue weighted by molar-refractivity contribution is 7.98. The number of halogens is 2. The number of nitrogens with zero attached hydrogens (tertiary/aromatic N) is 2. The molecule has 0 bridgehead atoms. The van der Waals surface area contributed by atoms with E-state index in [1.54, 1.807) is 24.3 Å². The Kier molecular flexibility index (Phi) is 5.70. The number of benzene rings is 2. The van der Waals surface area contributed by atoms with Crippen molar-refractivity contribution in [2.24, 2.45) is 0 Å². The standard InChI is InChI=1S/C18H13ClFN3O2S/c19-13-7-3-1-5-11(13)10-26-18-21-9-14(20)16(23-18)22-15-8-4-2-6-12(15)17(24)25/h1-9H,10H2,(H,24,25)(H,21,22,23). The van der Waals surface area contributed by atoms with Crippen LogP contribution in [-0.4, -0.2) is 21.0 Å². The number of aromatic nitrogens is 2. The molecule has 3 aromatic rings. The van der Waals surface area contributed by atoms with Crippen LogP contribution in [0.15, 0.2) is 59.9 Å². The Balaban J connectivity index is 1.80. The lowest BCUT2D eigenvalue weighted by atomic mass is 10.2. The Morgan fingerprint density at radius 1 is 1.19 bits per heavy atom. The number of nitrogens with one attached hydrogen (secondary N) is 1. The minimum absolute atomic E-state index is 0.0239. The molecular formula is C18H13ClFN3O2S. The van der Waals surface area contributed by atoms with Gasteiger partial charge in [0.2, 0.25) is 0 Å². The molecule has 1 aromatic heterocycles. The number of hydrogen-bond donors (Lipinski definition) is 2. The van der Waals surface area contributed by atoms with Gasteiger partial charge >= 0.3 is 5.97 Å². The molecule has 0 aliphatic carbocycles. The molecule has 5 nitrogen and oxygen atoms in total. The molecule has 0 aliphatic heterocycles. The van der Waals surface area contributed by atoms with Crippen LogP contribution in [0.3, 0.4) is 0 Å². The fourth-order valence-electron chi connectivity index (χ4n) is 2.17. The van der Waals surface area contributed by atoms with Crippen molar-refractivity contribution in [2.45, 2.75) is 10.9 Å². The topological polar surface area (TPSA) is 75.1 Å². The minimum atomic E-state index is -1.11. The molecule has 0 aliphatic rings. The van der Waals surface area contributed by atoms with E-state index >= 15 is 0 Å². The summed E-state index contributed by atoms with van der Waals surface area (Å²) in [6.45, 7) is 0. The van der Waals surface area contributed by atoms with Crippen LogP contribution in [0.25, 0.3) is 0 Å². The molecule has 3 rings (SSSR count). The Hall–Kier alpha value is -2.64. The number of carboxylic acid groups (broad SMARTS) is 1. The van der Waals surface area contributed by atoms with Crippen LogP contribution in [0.2, 0.25) is 5.02 Å². The average Bonchev–Trinajstić information content (AvgIpc) is 2.64. The van der Waals surface area contributed by atoms with Gasteiger partial charge in [0.05, 0.1) is 17.4 Å². The van der Waals surface area contributed by atoms with Gasteiger partial charge in [-0.1, -0.05) is 53.7 Å². The molecule has 26 heavy (non-hydrogen) atoms. The van der Waals surface area contributed by atoms with Crippen LogP contribution in [0.5, 0.6) is 0 Å². The van der Waals surface area contributed by atoms with Gasteiger partial charge in [-0.05, 0) is 23.8 Å². The van der Waals surface area contributed by atoms with E-state index in [-0.39, 0.29) is 17.1 Å². The van der Waals surface area contributed by atoms with Crippen molar-refractivity contribution in [1.29, 1.82) is 0 Å². The zero-order valence-electron chi connectivity index (χ0n) is 13.3. The van der Waals surface area contributed by atoms with Gasteiger partial charge in [-0.25, -0.2) is 19.2 Å². The second-order valence-electron chi connectivity index (χ2n) is 5.20. The molecule has 0 saturated carbocycles. The normalized spacial score (nSPS) is 10.5. The Morgan fingerprint density at radius 2 is 1.92 bits per heavy atom. The smallest absolute Gasteiger partial charge is 0.337 e. The highest BCUT2D eigenvalue weighted by atomic mass is 35.5. The molecule has 0 spiro atoms. The van der Waals surface area contributed by atoms with Crippen molar-refractivity contribution in [3.05, 3.63) is 76.7 Å². The Morgan fingerprint density at radius 3 is 2.69 bits per heavy atom. The average molecular weight is 390 g/mol. The number of aromatic carboxylic acids is 1. The van der Waals surface area contributed by atoms with E-state index in [1.165, 1.54) is 17.8 Å². The summed E-state index contributed by atoms with van der Waals surface area (Å²) in [4.78, 5) is 19.4. The summed E-state index contributed by atoms with van der Waals surface area (Å²) >= 11 is 7.42. The molecule has 2 aromatic carbocycles. The molecule has 0 unspecified atom stereocenters. The summed E-state index contributed by atoms with van der Waals surface area (Å²) in [5, 5.41) is 12.9. The van der Waals surface area contributed by atoms with E-state index in [2.05, 4.69) is 15.3 Å². The first kappa shape index (κ1) is 18.2. The molecule has 0 saturated heterocycles. The Bertz CT molecular complexity index is 955. The van der Waals surface area contributed by atoms with Crippen LogP contribution in [0, 0.1) is 5.82 Å². The first-order valence-corrected chi connectivity index (χ1v) is 8.89. The van der Waals surface area contributed by atoms with Gasteiger partial charge < -0.3 is 10.4 Å². The fourth-order valence-corrected chi connectivity index (χ4v) is 3.27. The maximum absolute atomic E-state index is 14.1. The lowest BCUT2D eigenvalue weighted by molar-refractivity contribution is 0.0698. The zero-order chi connectivity index (χ0) is 18.5. The van der Waals surface area contributed by atoms with Crippen molar-refractivity contribution in [1.82, 2.24) is 9.97 Å². The molecular weight excluding hydrogens is 377 g/mol. The van der Waals surface area contributed by atoms with Gasteiger partial charge in [0.1, 0.15) is 0 Å². The van der Waals surface area contributed by atoms with Crippen LogP contribution in [-0.2, 0) is 5.75 Å². The second-order valence-corrected chi connectivity index (χ2v) is 6.55. The van der Waals surface area contributed by atoms with E-state index in [0.717, 1.165) is 11.8 Å². The van der Waals surface area contributed by atoms with Gasteiger partial charge in [-0.3, -0.25) is 0 Å². The lowest BCUT2D eigenvalue weighted by Gasteiger charge is -2.10. The van der Waals surface area contributed by atoms with E-state index in [0.29, 0.717) is 15.9 Å². The van der Waals surface area contributed by atoms with Crippen molar-refractivity contribution in [2.75, 3.05) is 5.32 Å². The van der Waals surface area contributed by atoms with E-state index in [4.69, 9.17) is 11.6 Å². The molecule has 1 heterocycles. The minimum Gasteiger partial charge on any atom is -0.478 e. The largest absolute Gasteiger partial charge is 0.478 e. The quantitative estimate of drug-likeness (QED) is 0.456. The van der Waals surface area contributed by atoms with Crippen LogP contribution in [0.4, 0.5) is 15.9 Å². The number of carbonyl (C=O) groups is 1. The van der Waals surface area contributed by atoms with Gasteiger partial charge in [0.15, 0.2) is 16.8 Å². The second kappa shape index (κ2) is 8.16. The number of para-hydroxylation sites is 1. The summed E-state index contributed by atoms with van der Waals surface area (Å²) in [5.41, 5.74) is 1.19.